The Bertz CT molecular complexity index is 1170. The molecule has 2 aromatic carbocycles. The Morgan fingerprint density at radius 1 is 1.15 bits per heavy atom. The molecule has 0 saturated carbocycles. The van der Waals surface area contributed by atoms with Crippen LogP contribution in [0.3, 0.4) is 0 Å². The summed E-state index contributed by atoms with van der Waals surface area (Å²) in [6.45, 7) is 7.78. The highest BCUT2D eigenvalue weighted by Crippen LogP contribution is 2.35. The van der Waals surface area contributed by atoms with Gasteiger partial charge in [0.1, 0.15) is 11.4 Å². The number of nitrogen functional groups attached to an aromatic ring is 1. The second-order valence-corrected chi connectivity index (χ2v) is 7.73. The second-order valence-electron chi connectivity index (χ2n) is 7.73. The smallest absolute Gasteiger partial charge is 0.254 e. The number of amides is 2. The van der Waals surface area contributed by atoms with Crippen molar-refractivity contribution in [3.8, 4) is 0 Å². The van der Waals surface area contributed by atoms with Crippen LogP contribution in [0.15, 0.2) is 61.2 Å². The molecule has 0 aliphatic heterocycles. The van der Waals surface area contributed by atoms with Crippen LogP contribution in [0, 0.1) is 0 Å². The fourth-order valence-electron chi connectivity index (χ4n) is 4.21. The van der Waals surface area contributed by atoms with E-state index < -0.39 is 5.91 Å². The highest BCUT2D eigenvalue weighted by atomic mass is 16.1. The molecule has 7 heteroatoms. The van der Waals surface area contributed by atoms with Gasteiger partial charge in [0.15, 0.2) is 0 Å². The standard InChI is InChI=1S/C24H25N5O2.C2H6/c1-2-20(30)27-19-10-6-5-9-18(19)14-29-23(25)21(24(26)31)22(28-29)17-12-11-15-7-3-4-8-16(15)13-17;1-2/h2-10,17H,1,11-14,25H2,(H2,26,31)(H,27,30);1-2H3. The molecule has 1 unspecified atom stereocenters. The summed E-state index contributed by atoms with van der Waals surface area (Å²) in [5.41, 5.74) is 17.0. The van der Waals surface area contributed by atoms with Gasteiger partial charge in [0, 0.05) is 11.6 Å². The maximum Gasteiger partial charge on any atom is 0.254 e. The van der Waals surface area contributed by atoms with Gasteiger partial charge in [-0.25, -0.2) is 4.68 Å². The number of benzene rings is 2. The summed E-state index contributed by atoms with van der Waals surface area (Å²) in [5, 5.41) is 7.51. The maximum atomic E-state index is 12.3. The molecule has 0 bridgehead atoms. The molecule has 0 spiro atoms. The van der Waals surface area contributed by atoms with Crippen LogP contribution in [0.2, 0.25) is 0 Å². The van der Waals surface area contributed by atoms with Crippen molar-refractivity contribution in [1.82, 2.24) is 9.78 Å². The molecule has 172 valence electrons. The van der Waals surface area contributed by atoms with Crippen LogP contribution < -0.4 is 16.8 Å². The van der Waals surface area contributed by atoms with Gasteiger partial charge in [-0.2, -0.15) is 5.10 Å². The van der Waals surface area contributed by atoms with Crippen molar-refractivity contribution in [2.45, 2.75) is 45.6 Å². The van der Waals surface area contributed by atoms with Crippen LogP contribution in [0.1, 0.15) is 58.9 Å². The zero-order valence-electron chi connectivity index (χ0n) is 19.2. The number of fused-ring (bicyclic) bond motifs is 1. The molecule has 0 fully saturated rings. The van der Waals surface area contributed by atoms with E-state index in [4.69, 9.17) is 16.6 Å². The van der Waals surface area contributed by atoms with Crippen molar-refractivity contribution in [1.29, 1.82) is 0 Å². The maximum absolute atomic E-state index is 12.3. The molecule has 1 aromatic heterocycles. The molecule has 7 nitrogen and oxygen atoms in total. The van der Waals surface area contributed by atoms with E-state index in [1.807, 2.05) is 44.2 Å². The molecule has 0 radical (unpaired) electrons. The molecule has 1 atom stereocenters. The molecule has 0 saturated heterocycles. The number of rotatable bonds is 6. The Hall–Kier alpha value is -3.87. The minimum Gasteiger partial charge on any atom is -0.383 e. The number of aryl methyl sites for hydroxylation is 1. The predicted molar refractivity (Wildman–Crippen MR) is 132 cm³/mol. The third kappa shape index (κ3) is 5.14. The zero-order chi connectivity index (χ0) is 24.0. The Labute approximate surface area is 194 Å². The normalized spacial score (nSPS) is 14.4. The van der Waals surface area contributed by atoms with E-state index in [-0.39, 0.29) is 23.2 Å². The molecule has 1 heterocycles. The molecule has 5 N–H and O–H groups in total. The fraction of sp³-hybridized carbons (Fsp3) is 0.269. The summed E-state index contributed by atoms with van der Waals surface area (Å²) in [5.74, 6) is -0.575. The number of nitrogens with zero attached hydrogens (tertiary/aromatic N) is 2. The molecular weight excluding hydrogens is 414 g/mol. The third-order valence-corrected chi connectivity index (χ3v) is 5.78. The molecule has 33 heavy (non-hydrogen) atoms. The van der Waals surface area contributed by atoms with E-state index in [9.17, 15) is 9.59 Å². The molecule has 3 aromatic rings. The Kier molecular flexibility index (Phi) is 7.66. The number of para-hydroxylation sites is 1. The molecule has 2 amide bonds. The summed E-state index contributed by atoms with van der Waals surface area (Å²) < 4.78 is 1.59. The number of hydrogen-bond donors (Lipinski definition) is 3. The first kappa shape index (κ1) is 23.8. The average molecular weight is 446 g/mol. The van der Waals surface area contributed by atoms with Crippen LogP contribution in [-0.2, 0) is 24.2 Å². The van der Waals surface area contributed by atoms with Crippen LogP contribution in [0.4, 0.5) is 11.5 Å². The minimum atomic E-state index is -0.578. The molecule has 4 rings (SSSR count). The monoisotopic (exact) mass is 445 g/mol. The largest absolute Gasteiger partial charge is 0.383 e. The van der Waals surface area contributed by atoms with Crippen LogP contribution >= 0.6 is 0 Å². The first-order chi connectivity index (χ1) is 16.0. The van der Waals surface area contributed by atoms with Gasteiger partial charge in [-0.3, -0.25) is 9.59 Å². The van der Waals surface area contributed by atoms with Gasteiger partial charge in [0.2, 0.25) is 5.91 Å². The number of nitrogens with two attached hydrogens (primary N) is 2. The minimum absolute atomic E-state index is 0.0664. The molecule has 1 aliphatic rings. The highest BCUT2D eigenvalue weighted by molar-refractivity contribution is 6.00. The first-order valence-electron chi connectivity index (χ1n) is 11.2. The van der Waals surface area contributed by atoms with E-state index in [0.717, 1.165) is 24.8 Å². The van der Waals surface area contributed by atoms with E-state index >= 15 is 0 Å². The van der Waals surface area contributed by atoms with Gasteiger partial charge >= 0.3 is 0 Å². The lowest BCUT2D eigenvalue weighted by Crippen LogP contribution is -2.19. The Morgan fingerprint density at radius 3 is 2.52 bits per heavy atom. The quantitative estimate of drug-likeness (QED) is 0.497. The number of anilines is 2. The van der Waals surface area contributed by atoms with Crippen molar-refractivity contribution < 1.29 is 9.59 Å². The van der Waals surface area contributed by atoms with Crippen molar-refractivity contribution >= 4 is 23.3 Å². The lowest BCUT2D eigenvalue weighted by molar-refractivity contribution is -0.111. The number of carbonyl (C=O) groups excluding carboxylic acids is 2. The van der Waals surface area contributed by atoms with Crippen LogP contribution in [0.25, 0.3) is 0 Å². The number of nitrogens with one attached hydrogen (secondary N) is 1. The average Bonchev–Trinajstić information content (AvgIpc) is 3.17. The number of primary amides is 1. The van der Waals surface area contributed by atoms with Gasteiger partial charge in [-0.05, 0) is 48.1 Å². The first-order valence-corrected chi connectivity index (χ1v) is 11.2. The Morgan fingerprint density at radius 2 is 1.82 bits per heavy atom. The second kappa shape index (κ2) is 10.6. The van der Waals surface area contributed by atoms with E-state index in [0.29, 0.717) is 17.9 Å². The van der Waals surface area contributed by atoms with Gasteiger partial charge < -0.3 is 16.8 Å². The van der Waals surface area contributed by atoms with E-state index in [1.165, 1.54) is 17.2 Å². The molecular formula is C26H31N5O2. The van der Waals surface area contributed by atoms with Crippen molar-refractivity contribution in [3.05, 3.63) is 89.1 Å². The summed E-state index contributed by atoms with van der Waals surface area (Å²) in [4.78, 5) is 24.0. The fourth-order valence-corrected chi connectivity index (χ4v) is 4.21. The van der Waals surface area contributed by atoms with Gasteiger partial charge in [0.25, 0.3) is 5.91 Å². The summed E-state index contributed by atoms with van der Waals surface area (Å²) in [6, 6.07) is 15.7. The van der Waals surface area contributed by atoms with Gasteiger partial charge in [0.05, 0.1) is 12.2 Å². The topological polar surface area (TPSA) is 116 Å². The van der Waals surface area contributed by atoms with E-state index in [1.54, 1.807) is 10.7 Å². The number of carbonyl (C=O) groups is 2. The zero-order valence-corrected chi connectivity index (χ0v) is 19.2. The van der Waals surface area contributed by atoms with Crippen molar-refractivity contribution in [2.24, 2.45) is 5.73 Å². The van der Waals surface area contributed by atoms with Crippen LogP contribution in [0.5, 0.6) is 0 Å². The third-order valence-electron chi connectivity index (χ3n) is 5.78. The van der Waals surface area contributed by atoms with Crippen molar-refractivity contribution in [2.75, 3.05) is 11.1 Å². The van der Waals surface area contributed by atoms with Gasteiger partial charge in [-0.15, -0.1) is 0 Å². The van der Waals surface area contributed by atoms with Crippen LogP contribution in [-0.4, -0.2) is 21.6 Å². The number of hydrogen-bond acceptors (Lipinski definition) is 4. The van der Waals surface area contributed by atoms with E-state index in [2.05, 4.69) is 24.0 Å². The highest BCUT2D eigenvalue weighted by Gasteiger charge is 2.29. The molecule has 1 aliphatic carbocycles. The SMILES string of the molecule is C=CC(=O)Nc1ccccc1Cn1nc(C2CCc3ccccc3C2)c(C(N)=O)c1N.CC. The lowest BCUT2D eigenvalue weighted by Gasteiger charge is -2.23. The van der Waals surface area contributed by atoms with Crippen molar-refractivity contribution in [3.63, 3.8) is 0 Å². The summed E-state index contributed by atoms with van der Waals surface area (Å²) in [7, 11) is 0. The Balaban J connectivity index is 0.00000149. The summed E-state index contributed by atoms with van der Waals surface area (Å²) in [6.07, 6.45) is 3.80. The summed E-state index contributed by atoms with van der Waals surface area (Å²) >= 11 is 0. The van der Waals surface area contributed by atoms with Gasteiger partial charge in [-0.1, -0.05) is 62.9 Å². The predicted octanol–water partition coefficient (Wildman–Crippen LogP) is 4.04. The lowest BCUT2D eigenvalue weighted by atomic mass is 9.81. The number of aromatic nitrogens is 2.